The lowest BCUT2D eigenvalue weighted by atomic mass is 9.85. The maximum atomic E-state index is 11.4. The second kappa shape index (κ2) is 6.43. The van der Waals surface area contributed by atoms with Crippen LogP contribution in [0, 0.1) is 11.8 Å². The molecule has 1 saturated heterocycles. The second-order valence-corrected chi connectivity index (χ2v) is 5.86. The van der Waals surface area contributed by atoms with Crippen LogP contribution >= 0.6 is 0 Å². The molecule has 3 rings (SSSR count). The zero-order valence-electron chi connectivity index (χ0n) is 12.0. The van der Waals surface area contributed by atoms with Crippen LogP contribution < -0.4 is 5.32 Å². The summed E-state index contributed by atoms with van der Waals surface area (Å²) < 4.78 is 10.4. The molecule has 7 heteroatoms. The third-order valence-electron chi connectivity index (χ3n) is 4.54. The summed E-state index contributed by atoms with van der Waals surface area (Å²) in [6.45, 7) is 1.59. The number of ether oxygens (including phenoxy) is 1. The summed E-state index contributed by atoms with van der Waals surface area (Å²) in [6, 6.07) is 0.329. The van der Waals surface area contributed by atoms with Gasteiger partial charge in [-0.3, -0.25) is 4.79 Å². The van der Waals surface area contributed by atoms with Gasteiger partial charge in [0.1, 0.15) is 0 Å². The molecule has 7 nitrogen and oxygen atoms in total. The summed E-state index contributed by atoms with van der Waals surface area (Å²) in [5.74, 6) is 0.0515. The van der Waals surface area contributed by atoms with Gasteiger partial charge < -0.3 is 19.7 Å². The van der Waals surface area contributed by atoms with Crippen molar-refractivity contribution in [3.8, 4) is 0 Å². The molecule has 1 aromatic heterocycles. The van der Waals surface area contributed by atoms with Crippen molar-refractivity contribution in [1.82, 2.24) is 10.1 Å². The van der Waals surface area contributed by atoms with Crippen molar-refractivity contribution < 1.29 is 19.2 Å². The van der Waals surface area contributed by atoms with Crippen LogP contribution in [-0.4, -0.2) is 41.0 Å². The molecule has 2 aliphatic rings. The van der Waals surface area contributed by atoms with Gasteiger partial charge in [-0.25, -0.2) is 0 Å². The van der Waals surface area contributed by atoms with Crippen molar-refractivity contribution in [3.05, 3.63) is 5.82 Å². The highest BCUT2D eigenvalue weighted by Crippen LogP contribution is 2.35. The van der Waals surface area contributed by atoms with Crippen molar-refractivity contribution in [3.63, 3.8) is 0 Å². The number of carbonyl (C=O) groups is 1. The van der Waals surface area contributed by atoms with Gasteiger partial charge in [0.15, 0.2) is 5.82 Å². The molecule has 1 unspecified atom stereocenters. The van der Waals surface area contributed by atoms with Gasteiger partial charge >= 0.3 is 12.0 Å². The molecule has 1 aliphatic carbocycles. The minimum Gasteiger partial charge on any atom is -0.481 e. The molecule has 0 amide bonds. The first-order valence-electron chi connectivity index (χ1n) is 7.62. The van der Waals surface area contributed by atoms with E-state index in [9.17, 15) is 9.90 Å². The van der Waals surface area contributed by atoms with E-state index < -0.39 is 11.9 Å². The van der Waals surface area contributed by atoms with E-state index in [4.69, 9.17) is 9.26 Å². The van der Waals surface area contributed by atoms with Crippen LogP contribution in [0.1, 0.15) is 43.8 Å². The molecule has 2 N–H and O–H groups in total. The minimum absolute atomic E-state index is 0.137. The molecule has 2 heterocycles. The van der Waals surface area contributed by atoms with Crippen molar-refractivity contribution in [2.45, 2.75) is 38.0 Å². The Morgan fingerprint density at radius 3 is 2.71 bits per heavy atom. The number of aromatic nitrogens is 2. The highest BCUT2D eigenvalue weighted by atomic mass is 16.5. The van der Waals surface area contributed by atoms with Crippen molar-refractivity contribution in [1.29, 1.82) is 0 Å². The lowest BCUT2D eigenvalue weighted by Crippen LogP contribution is -2.34. The van der Waals surface area contributed by atoms with E-state index in [1.165, 1.54) is 6.42 Å². The molecule has 0 bridgehead atoms. The van der Waals surface area contributed by atoms with Gasteiger partial charge in [0.05, 0.1) is 5.92 Å². The van der Waals surface area contributed by atoms with Crippen LogP contribution in [0.2, 0.25) is 0 Å². The number of nitrogens with zero attached hydrogens (tertiary/aromatic N) is 2. The van der Waals surface area contributed by atoms with E-state index >= 15 is 0 Å². The smallest absolute Gasteiger partial charge is 0.321 e. The standard InChI is InChI=1S/C14H21N3O4/c18-13(19)11(9-4-6-20-7-5-9)8-15-14-16-12(17-21-14)10-2-1-3-10/h9-11H,1-8H2,(H,18,19)(H,15,16,17). The summed E-state index contributed by atoms with van der Waals surface area (Å²) in [6.07, 6.45) is 5.01. The number of aliphatic carboxylic acids is 1. The van der Waals surface area contributed by atoms with Crippen LogP contribution in [0.4, 0.5) is 6.01 Å². The van der Waals surface area contributed by atoms with Crippen LogP contribution in [0.5, 0.6) is 0 Å². The summed E-state index contributed by atoms with van der Waals surface area (Å²) in [4.78, 5) is 15.7. The van der Waals surface area contributed by atoms with Crippen LogP contribution in [-0.2, 0) is 9.53 Å². The van der Waals surface area contributed by atoms with E-state index in [2.05, 4.69) is 15.5 Å². The SMILES string of the molecule is O=C(O)C(CNc1nc(C2CCC2)no1)C1CCOCC1. The first-order valence-corrected chi connectivity index (χ1v) is 7.62. The summed E-state index contributed by atoms with van der Waals surface area (Å²) in [7, 11) is 0. The Morgan fingerprint density at radius 1 is 1.33 bits per heavy atom. The molecular weight excluding hydrogens is 274 g/mol. The van der Waals surface area contributed by atoms with Gasteiger partial charge in [-0.05, 0) is 31.6 Å². The van der Waals surface area contributed by atoms with Gasteiger partial charge in [-0.15, -0.1) is 0 Å². The third-order valence-corrected chi connectivity index (χ3v) is 4.54. The summed E-state index contributed by atoms with van der Waals surface area (Å²) in [5.41, 5.74) is 0. The van der Waals surface area contributed by atoms with Gasteiger partial charge in [0.25, 0.3) is 0 Å². The molecule has 0 spiro atoms. The topological polar surface area (TPSA) is 97.5 Å². The Morgan fingerprint density at radius 2 is 2.10 bits per heavy atom. The molecule has 0 aromatic carbocycles. The lowest BCUT2D eigenvalue weighted by Gasteiger charge is -2.27. The molecule has 21 heavy (non-hydrogen) atoms. The number of anilines is 1. The van der Waals surface area contributed by atoms with Gasteiger partial charge in [-0.1, -0.05) is 11.6 Å². The normalized spacial score (nSPS) is 21.7. The fraction of sp³-hybridized carbons (Fsp3) is 0.786. The largest absolute Gasteiger partial charge is 0.481 e. The Hall–Kier alpha value is -1.63. The number of carboxylic acids is 1. The van der Waals surface area contributed by atoms with Crippen LogP contribution in [0.15, 0.2) is 4.52 Å². The van der Waals surface area contributed by atoms with E-state index in [1.807, 2.05) is 0 Å². The molecule has 2 fully saturated rings. The Labute approximate surface area is 123 Å². The van der Waals surface area contributed by atoms with Crippen molar-refractivity contribution in [2.75, 3.05) is 25.1 Å². The highest BCUT2D eigenvalue weighted by Gasteiger charge is 2.30. The monoisotopic (exact) mass is 295 g/mol. The molecule has 1 aliphatic heterocycles. The predicted molar refractivity (Wildman–Crippen MR) is 74.0 cm³/mol. The molecule has 116 valence electrons. The van der Waals surface area contributed by atoms with Crippen molar-refractivity contribution in [2.24, 2.45) is 11.8 Å². The Kier molecular flexibility index (Phi) is 4.38. The van der Waals surface area contributed by atoms with E-state index in [1.54, 1.807) is 0 Å². The Bertz CT molecular complexity index is 480. The van der Waals surface area contributed by atoms with E-state index in [0.717, 1.165) is 31.5 Å². The molecular formula is C14H21N3O4. The first kappa shape index (κ1) is 14.3. The average molecular weight is 295 g/mol. The second-order valence-electron chi connectivity index (χ2n) is 5.86. The highest BCUT2D eigenvalue weighted by molar-refractivity contribution is 5.71. The summed E-state index contributed by atoms with van der Waals surface area (Å²) in [5, 5.41) is 16.3. The lowest BCUT2D eigenvalue weighted by molar-refractivity contribution is -0.144. The quantitative estimate of drug-likeness (QED) is 0.826. The van der Waals surface area contributed by atoms with Crippen LogP contribution in [0.25, 0.3) is 0 Å². The van der Waals surface area contributed by atoms with Gasteiger partial charge in [0, 0.05) is 25.7 Å². The molecule has 0 radical (unpaired) electrons. The first-order chi connectivity index (χ1) is 10.2. The molecule has 1 atom stereocenters. The average Bonchev–Trinajstić information content (AvgIpc) is 2.86. The number of hydrogen-bond donors (Lipinski definition) is 2. The van der Waals surface area contributed by atoms with E-state index in [0.29, 0.717) is 31.7 Å². The number of carboxylic acid groups (broad SMARTS) is 1. The zero-order valence-corrected chi connectivity index (χ0v) is 12.0. The Balaban J connectivity index is 1.55. The predicted octanol–water partition coefficient (Wildman–Crippen LogP) is 1.88. The number of nitrogens with one attached hydrogen (secondary N) is 1. The molecule has 1 aromatic rings. The van der Waals surface area contributed by atoms with Crippen molar-refractivity contribution >= 4 is 12.0 Å². The van der Waals surface area contributed by atoms with Crippen LogP contribution in [0.3, 0.4) is 0 Å². The van der Waals surface area contributed by atoms with Gasteiger partial charge in [0.2, 0.25) is 0 Å². The van der Waals surface area contributed by atoms with Gasteiger partial charge in [-0.2, -0.15) is 4.98 Å². The zero-order chi connectivity index (χ0) is 14.7. The van der Waals surface area contributed by atoms with E-state index in [-0.39, 0.29) is 5.92 Å². The third kappa shape index (κ3) is 3.34. The maximum Gasteiger partial charge on any atom is 0.321 e. The number of rotatable bonds is 6. The minimum atomic E-state index is -0.784. The maximum absolute atomic E-state index is 11.4. The number of hydrogen-bond acceptors (Lipinski definition) is 6. The fourth-order valence-corrected chi connectivity index (χ4v) is 2.91. The fourth-order valence-electron chi connectivity index (χ4n) is 2.91. The summed E-state index contributed by atoms with van der Waals surface area (Å²) >= 11 is 0. The molecule has 1 saturated carbocycles.